The van der Waals surface area contributed by atoms with Crippen LogP contribution in [0.25, 0.3) is 0 Å². The van der Waals surface area contributed by atoms with E-state index < -0.39 is 0 Å². The zero-order chi connectivity index (χ0) is 9.26. The SMILES string of the molecule is CC(C)C1C=CC=C2OC=CC=C21. The van der Waals surface area contributed by atoms with Crippen molar-refractivity contribution in [1.29, 1.82) is 0 Å². The molecule has 0 fully saturated rings. The summed E-state index contributed by atoms with van der Waals surface area (Å²) in [5, 5.41) is 0. The number of ether oxygens (including phenoxy) is 1. The average Bonchev–Trinajstić information content (AvgIpc) is 2.17. The Hall–Kier alpha value is -1.24. The summed E-state index contributed by atoms with van der Waals surface area (Å²) in [6, 6.07) is 0. The van der Waals surface area contributed by atoms with Crippen molar-refractivity contribution in [3.63, 3.8) is 0 Å². The van der Waals surface area contributed by atoms with Gasteiger partial charge in [0.25, 0.3) is 0 Å². The molecular weight excluding hydrogens is 160 g/mol. The van der Waals surface area contributed by atoms with E-state index in [1.165, 1.54) is 5.57 Å². The van der Waals surface area contributed by atoms with E-state index in [9.17, 15) is 0 Å². The van der Waals surface area contributed by atoms with Gasteiger partial charge in [0.1, 0.15) is 5.76 Å². The Morgan fingerprint density at radius 1 is 1.23 bits per heavy atom. The molecule has 0 amide bonds. The first-order valence-corrected chi connectivity index (χ1v) is 4.71. The summed E-state index contributed by atoms with van der Waals surface area (Å²) in [4.78, 5) is 0. The smallest absolute Gasteiger partial charge is 0.130 e. The van der Waals surface area contributed by atoms with E-state index in [4.69, 9.17) is 4.74 Å². The summed E-state index contributed by atoms with van der Waals surface area (Å²) >= 11 is 0. The van der Waals surface area contributed by atoms with Crippen molar-refractivity contribution in [1.82, 2.24) is 0 Å². The Labute approximate surface area is 79.1 Å². The molecular formula is C12H14O. The largest absolute Gasteiger partial charge is 0.465 e. The highest BCUT2D eigenvalue weighted by Gasteiger charge is 2.22. The minimum absolute atomic E-state index is 0.505. The predicted octanol–water partition coefficient (Wildman–Crippen LogP) is 3.18. The van der Waals surface area contributed by atoms with Crippen LogP contribution in [0.2, 0.25) is 0 Å². The van der Waals surface area contributed by atoms with Crippen LogP contribution < -0.4 is 0 Å². The van der Waals surface area contributed by atoms with Crippen molar-refractivity contribution < 1.29 is 4.74 Å². The second-order valence-corrected chi connectivity index (χ2v) is 3.75. The first-order valence-electron chi connectivity index (χ1n) is 4.71. The van der Waals surface area contributed by atoms with Gasteiger partial charge in [0.15, 0.2) is 0 Å². The molecule has 0 radical (unpaired) electrons. The maximum absolute atomic E-state index is 5.42. The molecule has 1 nitrogen and oxygen atoms in total. The minimum atomic E-state index is 0.505. The molecule has 68 valence electrons. The quantitative estimate of drug-likeness (QED) is 0.593. The lowest BCUT2D eigenvalue weighted by Gasteiger charge is -2.26. The molecule has 0 aromatic heterocycles. The molecule has 1 aliphatic carbocycles. The molecule has 1 atom stereocenters. The first-order chi connectivity index (χ1) is 6.29. The van der Waals surface area contributed by atoms with Crippen LogP contribution in [0.4, 0.5) is 0 Å². The van der Waals surface area contributed by atoms with Gasteiger partial charge in [0.05, 0.1) is 6.26 Å². The molecule has 1 unspecified atom stereocenters. The van der Waals surface area contributed by atoms with Gasteiger partial charge >= 0.3 is 0 Å². The molecule has 1 aliphatic heterocycles. The van der Waals surface area contributed by atoms with Crippen molar-refractivity contribution in [3.8, 4) is 0 Å². The molecule has 0 saturated heterocycles. The highest BCUT2D eigenvalue weighted by Crippen LogP contribution is 2.33. The van der Waals surface area contributed by atoms with Gasteiger partial charge in [-0.15, -0.1) is 0 Å². The summed E-state index contributed by atoms with van der Waals surface area (Å²) in [6.07, 6.45) is 12.2. The zero-order valence-electron chi connectivity index (χ0n) is 8.03. The molecule has 1 heterocycles. The Morgan fingerprint density at radius 2 is 2.08 bits per heavy atom. The topological polar surface area (TPSA) is 9.23 Å². The number of fused-ring (bicyclic) bond motifs is 1. The predicted molar refractivity (Wildman–Crippen MR) is 53.9 cm³/mol. The fourth-order valence-electron chi connectivity index (χ4n) is 1.76. The van der Waals surface area contributed by atoms with Crippen molar-refractivity contribution in [2.75, 3.05) is 0 Å². The molecule has 0 aromatic rings. The molecule has 0 saturated carbocycles. The van der Waals surface area contributed by atoms with Gasteiger partial charge in [-0.05, 0) is 18.1 Å². The third-order valence-corrected chi connectivity index (χ3v) is 2.48. The fraction of sp³-hybridized carbons (Fsp3) is 0.333. The first kappa shape index (κ1) is 8.36. The van der Waals surface area contributed by atoms with Crippen LogP contribution in [0.3, 0.4) is 0 Å². The van der Waals surface area contributed by atoms with Gasteiger partial charge < -0.3 is 4.74 Å². The van der Waals surface area contributed by atoms with Crippen molar-refractivity contribution >= 4 is 0 Å². The second-order valence-electron chi connectivity index (χ2n) is 3.75. The lowest BCUT2D eigenvalue weighted by Crippen LogP contribution is -2.14. The van der Waals surface area contributed by atoms with Crippen LogP contribution >= 0.6 is 0 Å². The van der Waals surface area contributed by atoms with E-state index in [0.29, 0.717) is 11.8 Å². The van der Waals surface area contributed by atoms with E-state index in [2.05, 4.69) is 32.1 Å². The normalized spacial score (nSPS) is 25.0. The molecule has 0 aromatic carbocycles. The molecule has 2 rings (SSSR count). The molecule has 13 heavy (non-hydrogen) atoms. The van der Waals surface area contributed by atoms with Crippen LogP contribution in [0.1, 0.15) is 13.8 Å². The Balaban J connectivity index is 2.34. The second kappa shape index (κ2) is 3.25. The molecule has 2 aliphatic rings. The van der Waals surface area contributed by atoms with Crippen molar-refractivity contribution in [2.24, 2.45) is 11.8 Å². The summed E-state index contributed by atoms with van der Waals surface area (Å²) in [5.41, 5.74) is 1.31. The lowest BCUT2D eigenvalue weighted by atomic mass is 9.83. The van der Waals surface area contributed by atoms with Gasteiger partial charge in [-0.2, -0.15) is 0 Å². The average molecular weight is 174 g/mol. The third kappa shape index (κ3) is 1.46. The lowest BCUT2D eigenvalue weighted by molar-refractivity contribution is 0.337. The fourth-order valence-corrected chi connectivity index (χ4v) is 1.76. The molecule has 1 heteroatoms. The van der Waals surface area contributed by atoms with Crippen molar-refractivity contribution in [2.45, 2.75) is 13.8 Å². The van der Waals surface area contributed by atoms with E-state index in [1.54, 1.807) is 6.26 Å². The van der Waals surface area contributed by atoms with Crippen LogP contribution in [0.15, 0.2) is 48.0 Å². The van der Waals surface area contributed by atoms with E-state index in [0.717, 1.165) is 5.76 Å². The minimum Gasteiger partial charge on any atom is -0.465 e. The number of allylic oxidation sites excluding steroid dienone is 6. The van der Waals surface area contributed by atoms with Gasteiger partial charge in [-0.25, -0.2) is 0 Å². The molecule has 0 N–H and O–H groups in total. The maximum atomic E-state index is 5.42. The number of rotatable bonds is 1. The van der Waals surface area contributed by atoms with E-state index in [-0.39, 0.29) is 0 Å². The van der Waals surface area contributed by atoms with E-state index in [1.807, 2.05) is 12.2 Å². The number of hydrogen-bond acceptors (Lipinski definition) is 1. The summed E-state index contributed by atoms with van der Waals surface area (Å²) < 4.78 is 5.42. The monoisotopic (exact) mass is 174 g/mol. The Kier molecular flexibility index (Phi) is 2.09. The van der Waals surface area contributed by atoms with Gasteiger partial charge in [-0.1, -0.05) is 32.1 Å². The summed E-state index contributed by atoms with van der Waals surface area (Å²) in [6.45, 7) is 4.47. The third-order valence-electron chi connectivity index (χ3n) is 2.48. The van der Waals surface area contributed by atoms with Gasteiger partial charge in [0.2, 0.25) is 0 Å². The van der Waals surface area contributed by atoms with Crippen LogP contribution in [-0.4, -0.2) is 0 Å². The maximum Gasteiger partial charge on any atom is 0.130 e. The molecule has 0 bridgehead atoms. The Bertz CT molecular complexity index is 316. The standard InChI is InChI=1S/C12H14O/c1-9(2)10-5-3-7-12-11(10)6-4-8-13-12/h3-10H,1-2H3. The number of hydrogen-bond donors (Lipinski definition) is 0. The zero-order valence-corrected chi connectivity index (χ0v) is 8.03. The molecule has 0 spiro atoms. The van der Waals surface area contributed by atoms with Crippen LogP contribution in [0.5, 0.6) is 0 Å². The Morgan fingerprint density at radius 3 is 2.85 bits per heavy atom. The highest BCUT2D eigenvalue weighted by atomic mass is 16.5. The van der Waals surface area contributed by atoms with Gasteiger partial charge in [-0.3, -0.25) is 0 Å². The summed E-state index contributed by atoms with van der Waals surface area (Å²) in [5.74, 6) is 2.13. The van der Waals surface area contributed by atoms with Crippen LogP contribution in [-0.2, 0) is 4.74 Å². The van der Waals surface area contributed by atoms with Crippen molar-refractivity contribution in [3.05, 3.63) is 48.0 Å². The van der Waals surface area contributed by atoms with Gasteiger partial charge in [0, 0.05) is 11.5 Å². The summed E-state index contributed by atoms with van der Waals surface area (Å²) in [7, 11) is 0. The van der Waals surface area contributed by atoms with Crippen LogP contribution in [0, 0.1) is 11.8 Å². The van der Waals surface area contributed by atoms with E-state index >= 15 is 0 Å². The highest BCUT2D eigenvalue weighted by molar-refractivity contribution is 5.42.